The van der Waals surface area contributed by atoms with Crippen molar-refractivity contribution in [1.29, 1.82) is 5.26 Å². The summed E-state index contributed by atoms with van der Waals surface area (Å²) >= 11 is 1.80. The first-order chi connectivity index (χ1) is 7.55. The predicted molar refractivity (Wildman–Crippen MR) is 69.4 cm³/mol. The van der Waals surface area contributed by atoms with E-state index in [0.717, 1.165) is 19.5 Å². The molecule has 0 aromatic carbocycles. The third kappa shape index (κ3) is 4.34. The molecule has 0 fully saturated rings. The van der Waals surface area contributed by atoms with Crippen LogP contribution in [0.5, 0.6) is 0 Å². The Kier molecular flexibility index (Phi) is 4.98. The molecule has 0 atom stereocenters. The van der Waals surface area contributed by atoms with Gasteiger partial charge in [-0.1, -0.05) is 13.8 Å². The van der Waals surface area contributed by atoms with Crippen molar-refractivity contribution in [2.75, 3.05) is 6.54 Å². The molecular formula is C13H20N2S. The van der Waals surface area contributed by atoms with Gasteiger partial charge in [0, 0.05) is 24.4 Å². The normalized spacial score (nSPS) is 11.4. The zero-order valence-corrected chi connectivity index (χ0v) is 11.2. The molecule has 88 valence electrons. The quantitative estimate of drug-likeness (QED) is 0.821. The van der Waals surface area contributed by atoms with Gasteiger partial charge in [-0.25, -0.2) is 0 Å². The Morgan fingerprint density at radius 2 is 2.25 bits per heavy atom. The van der Waals surface area contributed by atoms with Crippen LogP contribution in [0, 0.1) is 23.7 Å². The molecule has 2 nitrogen and oxygen atoms in total. The Balaban J connectivity index is 2.30. The lowest BCUT2D eigenvalue weighted by atomic mass is 9.88. The number of rotatable bonds is 6. The number of aryl methyl sites for hydroxylation is 1. The highest BCUT2D eigenvalue weighted by molar-refractivity contribution is 7.10. The van der Waals surface area contributed by atoms with Gasteiger partial charge >= 0.3 is 0 Å². The number of nitrogens with zero attached hydrogens (tertiary/aromatic N) is 1. The van der Waals surface area contributed by atoms with Gasteiger partial charge in [-0.3, -0.25) is 0 Å². The second kappa shape index (κ2) is 6.03. The van der Waals surface area contributed by atoms with Gasteiger partial charge in [0.15, 0.2) is 0 Å². The Hall–Kier alpha value is -0.850. The van der Waals surface area contributed by atoms with Crippen molar-refractivity contribution >= 4 is 11.3 Å². The summed E-state index contributed by atoms with van der Waals surface area (Å²) in [6, 6.07) is 4.37. The van der Waals surface area contributed by atoms with Crippen molar-refractivity contribution in [3.05, 3.63) is 21.9 Å². The first kappa shape index (κ1) is 13.2. The van der Waals surface area contributed by atoms with E-state index in [2.05, 4.69) is 43.6 Å². The molecule has 1 N–H and O–H groups in total. The molecule has 0 spiro atoms. The van der Waals surface area contributed by atoms with Crippen molar-refractivity contribution < 1.29 is 0 Å². The van der Waals surface area contributed by atoms with E-state index < -0.39 is 0 Å². The number of thiophene rings is 1. The predicted octanol–water partition coefficient (Wildman–Crippen LogP) is 3.48. The van der Waals surface area contributed by atoms with Crippen LogP contribution < -0.4 is 5.32 Å². The van der Waals surface area contributed by atoms with E-state index in [0.29, 0.717) is 6.42 Å². The van der Waals surface area contributed by atoms with Gasteiger partial charge in [0.05, 0.1) is 6.07 Å². The van der Waals surface area contributed by atoms with E-state index in [-0.39, 0.29) is 5.41 Å². The highest BCUT2D eigenvalue weighted by Gasteiger charge is 2.16. The monoisotopic (exact) mass is 236 g/mol. The molecule has 16 heavy (non-hydrogen) atoms. The number of hydrogen-bond donors (Lipinski definition) is 1. The standard InChI is InChI=1S/C13H20N2S/c1-11-5-8-16-12(11)9-15-10-13(2,3)6-4-7-14/h5,8,15H,4,6,9-10H2,1-3H3. The van der Waals surface area contributed by atoms with Gasteiger partial charge in [0.1, 0.15) is 0 Å². The number of nitriles is 1. The molecule has 1 rings (SSSR count). The average molecular weight is 236 g/mol. The Bertz CT molecular complexity index is 360. The van der Waals surface area contributed by atoms with Crippen LogP contribution >= 0.6 is 11.3 Å². The van der Waals surface area contributed by atoms with E-state index in [1.165, 1.54) is 10.4 Å². The maximum atomic E-state index is 8.57. The van der Waals surface area contributed by atoms with Crippen molar-refractivity contribution in [3.8, 4) is 6.07 Å². The maximum Gasteiger partial charge on any atom is 0.0621 e. The smallest absolute Gasteiger partial charge is 0.0621 e. The highest BCUT2D eigenvalue weighted by Crippen LogP contribution is 2.21. The van der Waals surface area contributed by atoms with Gasteiger partial charge in [0.25, 0.3) is 0 Å². The van der Waals surface area contributed by atoms with Gasteiger partial charge < -0.3 is 5.32 Å². The first-order valence-corrected chi connectivity index (χ1v) is 6.54. The second-order valence-corrected chi connectivity index (χ2v) is 5.95. The topological polar surface area (TPSA) is 35.8 Å². The molecule has 0 saturated heterocycles. The lowest BCUT2D eigenvalue weighted by Gasteiger charge is -2.23. The highest BCUT2D eigenvalue weighted by atomic mass is 32.1. The minimum absolute atomic E-state index is 0.209. The lowest BCUT2D eigenvalue weighted by molar-refractivity contribution is 0.318. The molecular weight excluding hydrogens is 216 g/mol. The lowest BCUT2D eigenvalue weighted by Crippen LogP contribution is -2.28. The van der Waals surface area contributed by atoms with E-state index in [1.807, 2.05) is 0 Å². The molecule has 1 heterocycles. The van der Waals surface area contributed by atoms with Crippen LogP contribution in [-0.4, -0.2) is 6.54 Å². The van der Waals surface area contributed by atoms with Crippen molar-refractivity contribution in [2.24, 2.45) is 5.41 Å². The minimum atomic E-state index is 0.209. The summed E-state index contributed by atoms with van der Waals surface area (Å²) in [4.78, 5) is 1.41. The van der Waals surface area contributed by atoms with Gasteiger partial charge in [0.2, 0.25) is 0 Å². The van der Waals surface area contributed by atoms with Crippen LogP contribution in [0.1, 0.15) is 37.1 Å². The average Bonchev–Trinajstić information content (AvgIpc) is 2.62. The van der Waals surface area contributed by atoms with Crippen LogP contribution in [0.3, 0.4) is 0 Å². The molecule has 0 radical (unpaired) electrons. The van der Waals surface area contributed by atoms with Crippen molar-refractivity contribution in [2.45, 2.75) is 40.2 Å². The fourth-order valence-electron chi connectivity index (χ4n) is 1.58. The summed E-state index contributed by atoms with van der Waals surface area (Å²) in [5.41, 5.74) is 1.58. The zero-order valence-electron chi connectivity index (χ0n) is 10.3. The summed E-state index contributed by atoms with van der Waals surface area (Å²) in [6.45, 7) is 8.47. The summed E-state index contributed by atoms with van der Waals surface area (Å²) < 4.78 is 0. The van der Waals surface area contributed by atoms with Crippen LogP contribution in [0.15, 0.2) is 11.4 Å². The molecule has 3 heteroatoms. The van der Waals surface area contributed by atoms with Gasteiger partial charge in [-0.05, 0) is 35.8 Å². The van der Waals surface area contributed by atoms with E-state index in [9.17, 15) is 0 Å². The minimum Gasteiger partial charge on any atom is -0.311 e. The molecule has 0 saturated carbocycles. The van der Waals surface area contributed by atoms with Crippen LogP contribution in [0.25, 0.3) is 0 Å². The zero-order chi connectivity index (χ0) is 12.0. The Morgan fingerprint density at radius 1 is 1.50 bits per heavy atom. The number of hydrogen-bond acceptors (Lipinski definition) is 3. The molecule has 0 aliphatic rings. The van der Waals surface area contributed by atoms with Crippen LogP contribution in [0.2, 0.25) is 0 Å². The molecule has 0 aliphatic carbocycles. The van der Waals surface area contributed by atoms with E-state index >= 15 is 0 Å². The third-order valence-electron chi connectivity index (χ3n) is 2.77. The van der Waals surface area contributed by atoms with Crippen molar-refractivity contribution in [1.82, 2.24) is 5.32 Å². The fraction of sp³-hybridized carbons (Fsp3) is 0.615. The second-order valence-electron chi connectivity index (χ2n) is 4.95. The Morgan fingerprint density at radius 3 is 2.81 bits per heavy atom. The molecule has 1 aromatic rings. The fourth-order valence-corrected chi connectivity index (χ4v) is 2.46. The first-order valence-electron chi connectivity index (χ1n) is 5.66. The van der Waals surface area contributed by atoms with Crippen molar-refractivity contribution in [3.63, 3.8) is 0 Å². The molecule has 0 amide bonds. The van der Waals surface area contributed by atoms with Crippen LogP contribution in [-0.2, 0) is 6.54 Å². The van der Waals surface area contributed by atoms with Gasteiger partial charge in [-0.2, -0.15) is 5.26 Å². The van der Waals surface area contributed by atoms with Crippen LogP contribution in [0.4, 0.5) is 0 Å². The maximum absolute atomic E-state index is 8.57. The molecule has 1 aromatic heterocycles. The third-order valence-corrected chi connectivity index (χ3v) is 3.79. The number of nitrogens with one attached hydrogen (secondary N) is 1. The summed E-state index contributed by atoms with van der Waals surface area (Å²) in [7, 11) is 0. The Labute approximate surface area is 102 Å². The molecule has 0 bridgehead atoms. The summed E-state index contributed by atoms with van der Waals surface area (Å²) in [6.07, 6.45) is 1.60. The van der Waals surface area contributed by atoms with E-state index in [4.69, 9.17) is 5.26 Å². The SMILES string of the molecule is Cc1ccsc1CNCC(C)(C)CCC#N. The van der Waals surface area contributed by atoms with E-state index in [1.54, 1.807) is 11.3 Å². The molecule has 0 aliphatic heterocycles. The summed E-state index contributed by atoms with van der Waals surface area (Å²) in [5, 5.41) is 14.2. The summed E-state index contributed by atoms with van der Waals surface area (Å²) in [5.74, 6) is 0. The largest absolute Gasteiger partial charge is 0.311 e. The van der Waals surface area contributed by atoms with Gasteiger partial charge in [-0.15, -0.1) is 11.3 Å². The molecule has 0 unspecified atom stereocenters.